The van der Waals surface area contributed by atoms with Gasteiger partial charge in [-0.15, -0.1) is 0 Å². The van der Waals surface area contributed by atoms with E-state index in [9.17, 15) is 9.59 Å². The normalized spacial score (nSPS) is 17.2. The second kappa shape index (κ2) is 6.47. The van der Waals surface area contributed by atoms with E-state index >= 15 is 0 Å². The molecule has 0 aliphatic carbocycles. The van der Waals surface area contributed by atoms with Gasteiger partial charge in [0.05, 0.1) is 16.2 Å². The van der Waals surface area contributed by atoms with Gasteiger partial charge in [-0.25, -0.2) is 4.79 Å². The molecule has 4 rings (SSSR count). The van der Waals surface area contributed by atoms with E-state index in [4.69, 9.17) is 26.8 Å². The number of nitrogens with zero attached hydrogens (tertiary/aromatic N) is 1. The van der Waals surface area contributed by atoms with Gasteiger partial charge in [-0.05, 0) is 42.0 Å². The van der Waals surface area contributed by atoms with Crippen LogP contribution in [0.15, 0.2) is 47.4 Å². The van der Waals surface area contributed by atoms with Gasteiger partial charge in [0.2, 0.25) is 6.79 Å². The van der Waals surface area contributed by atoms with E-state index in [0.717, 1.165) is 5.56 Å². The molecule has 0 spiro atoms. The first-order valence-electron chi connectivity index (χ1n) is 7.54. The van der Waals surface area contributed by atoms with E-state index in [1.165, 1.54) is 28.8 Å². The molecule has 0 atom stereocenters. The fourth-order valence-electron chi connectivity index (χ4n) is 2.62. The number of carboxylic acids is 1. The predicted molar refractivity (Wildman–Crippen MR) is 102 cm³/mol. The number of benzene rings is 2. The molecule has 6 nitrogen and oxygen atoms in total. The Morgan fingerprint density at radius 2 is 2.00 bits per heavy atom. The third-order valence-electron chi connectivity index (χ3n) is 3.84. The number of ether oxygens (including phenoxy) is 2. The molecule has 2 aliphatic heterocycles. The number of aromatic carboxylic acids is 1. The summed E-state index contributed by atoms with van der Waals surface area (Å²) >= 11 is 6.48. The lowest BCUT2D eigenvalue weighted by molar-refractivity contribution is -0.113. The van der Waals surface area contributed by atoms with Crippen LogP contribution in [0, 0.1) is 0 Å². The maximum absolute atomic E-state index is 12.8. The van der Waals surface area contributed by atoms with Crippen LogP contribution < -0.4 is 14.4 Å². The van der Waals surface area contributed by atoms with Crippen molar-refractivity contribution in [2.45, 2.75) is 0 Å². The lowest BCUT2D eigenvalue weighted by Gasteiger charge is -2.14. The highest BCUT2D eigenvalue weighted by Gasteiger charge is 2.33. The largest absolute Gasteiger partial charge is 0.478 e. The molecule has 0 aromatic heterocycles. The predicted octanol–water partition coefficient (Wildman–Crippen LogP) is 3.52. The summed E-state index contributed by atoms with van der Waals surface area (Å²) in [4.78, 5) is 25.7. The lowest BCUT2D eigenvalue weighted by atomic mass is 10.1. The first-order valence-corrected chi connectivity index (χ1v) is 8.76. The summed E-state index contributed by atoms with van der Waals surface area (Å²) in [6.45, 7) is 0.181. The number of hydrogen-bond acceptors (Lipinski definition) is 6. The van der Waals surface area contributed by atoms with Crippen LogP contribution in [0.5, 0.6) is 11.5 Å². The zero-order chi connectivity index (χ0) is 18.3. The summed E-state index contributed by atoms with van der Waals surface area (Å²) in [5.41, 5.74) is 1.31. The molecule has 0 bridgehead atoms. The van der Waals surface area contributed by atoms with E-state index in [2.05, 4.69) is 0 Å². The molecular weight excluding hydrogens is 374 g/mol. The van der Waals surface area contributed by atoms with Crippen LogP contribution >= 0.6 is 24.0 Å². The van der Waals surface area contributed by atoms with Gasteiger partial charge in [-0.1, -0.05) is 36.1 Å². The van der Waals surface area contributed by atoms with Crippen molar-refractivity contribution in [3.8, 4) is 11.5 Å². The number of carboxylic acid groups (broad SMARTS) is 1. The average Bonchev–Trinajstić information content (AvgIpc) is 3.19. The molecule has 2 aromatic rings. The minimum Gasteiger partial charge on any atom is -0.478 e. The van der Waals surface area contributed by atoms with Crippen molar-refractivity contribution in [3.05, 3.63) is 58.5 Å². The van der Waals surface area contributed by atoms with E-state index in [-0.39, 0.29) is 18.3 Å². The minimum absolute atomic E-state index is 0.0938. The van der Waals surface area contributed by atoms with E-state index in [1.807, 2.05) is 6.07 Å². The molecule has 2 aliphatic rings. The van der Waals surface area contributed by atoms with Crippen molar-refractivity contribution in [1.82, 2.24) is 0 Å². The Morgan fingerprint density at radius 1 is 1.19 bits per heavy atom. The number of rotatable bonds is 3. The van der Waals surface area contributed by atoms with Gasteiger partial charge in [-0.3, -0.25) is 9.69 Å². The van der Waals surface area contributed by atoms with Crippen molar-refractivity contribution in [2.24, 2.45) is 0 Å². The van der Waals surface area contributed by atoms with E-state index in [0.29, 0.717) is 26.4 Å². The summed E-state index contributed by atoms with van der Waals surface area (Å²) < 4.78 is 11.0. The molecule has 1 amide bonds. The number of carbonyl (C=O) groups excluding carboxylic acids is 1. The number of fused-ring (bicyclic) bond motifs is 1. The summed E-state index contributed by atoms with van der Waals surface area (Å²) in [5, 5.41) is 9.13. The molecule has 1 fully saturated rings. The molecule has 26 heavy (non-hydrogen) atoms. The van der Waals surface area contributed by atoms with Crippen LogP contribution in [-0.4, -0.2) is 28.1 Å². The van der Waals surface area contributed by atoms with Gasteiger partial charge in [0.25, 0.3) is 5.91 Å². The molecule has 130 valence electrons. The Kier molecular flexibility index (Phi) is 4.14. The lowest BCUT2D eigenvalue weighted by Crippen LogP contribution is -2.27. The summed E-state index contributed by atoms with van der Waals surface area (Å²) in [6.07, 6.45) is 1.72. The third kappa shape index (κ3) is 2.93. The van der Waals surface area contributed by atoms with E-state index in [1.54, 1.807) is 30.3 Å². The number of hydrogen-bond donors (Lipinski definition) is 1. The quantitative estimate of drug-likeness (QED) is 0.640. The highest BCUT2D eigenvalue weighted by Crippen LogP contribution is 2.38. The van der Waals surface area contributed by atoms with E-state index < -0.39 is 5.97 Å². The van der Waals surface area contributed by atoms with Crippen LogP contribution in [0.2, 0.25) is 0 Å². The van der Waals surface area contributed by atoms with Crippen LogP contribution in [0.4, 0.5) is 5.69 Å². The molecular formula is C18H11NO5S2. The second-order valence-corrected chi connectivity index (χ2v) is 7.16. The number of carbonyl (C=O) groups is 2. The van der Waals surface area contributed by atoms with Gasteiger partial charge in [0, 0.05) is 0 Å². The highest BCUT2D eigenvalue weighted by molar-refractivity contribution is 8.27. The second-order valence-electron chi connectivity index (χ2n) is 5.49. The Labute approximate surface area is 158 Å². The van der Waals surface area contributed by atoms with Crippen molar-refractivity contribution in [2.75, 3.05) is 11.7 Å². The molecule has 1 N–H and O–H groups in total. The first kappa shape index (κ1) is 16.6. The van der Waals surface area contributed by atoms with Crippen LogP contribution in [0.1, 0.15) is 15.9 Å². The minimum atomic E-state index is -1.06. The van der Waals surface area contributed by atoms with Gasteiger partial charge in [0.1, 0.15) is 0 Å². The van der Waals surface area contributed by atoms with Crippen molar-refractivity contribution in [1.29, 1.82) is 0 Å². The fraction of sp³-hybridized carbons (Fsp3) is 0.0556. The Hall–Kier alpha value is -2.84. The third-order valence-corrected chi connectivity index (χ3v) is 5.14. The van der Waals surface area contributed by atoms with Crippen molar-refractivity contribution >= 4 is 51.9 Å². The molecule has 1 saturated heterocycles. The van der Waals surface area contributed by atoms with Crippen LogP contribution in [0.3, 0.4) is 0 Å². The SMILES string of the molecule is O=C(O)c1cccc(N2C(=O)/C(=C\c3ccc4c(c3)OCO4)SC2=S)c1. The fourth-order valence-corrected chi connectivity index (χ4v) is 3.92. The van der Waals surface area contributed by atoms with Crippen molar-refractivity contribution in [3.63, 3.8) is 0 Å². The maximum atomic E-state index is 12.8. The Balaban J connectivity index is 1.65. The molecule has 0 saturated carbocycles. The molecule has 8 heteroatoms. The average molecular weight is 385 g/mol. The number of thiocarbonyl (C=S) groups is 1. The molecule has 2 heterocycles. The van der Waals surface area contributed by atoms with Gasteiger partial charge in [-0.2, -0.15) is 0 Å². The van der Waals surface area contributed by atoms with Gasteiger partial charge < -0.3 is 14.6 Å². The maximum Gasteiger partial charge on any atom is 0.335 e. The topological polar surface area (TPSA) is 76.1 Å². The molecule has 0 unspecified atom stereocenters. The van der Waals surface area contributed by atoms with Crippen molar-refractivity contribution < 1.29 is 24.2 Å². The summed E-state index contributed by atoms with van der Waals surface area (Å²) in [7, 11) is 0. The van der Waals surface area contributed by atoms with Crippen LogP contribution in [0.25, 0.3) is 6.08 Å². The summed E-state index contributed by atoms with van der Waals surface area (Å²) in [5.74, 6) is -0.0584. The highest BCUT2D eigenvalue weighted by atomic mass is 32.2. The Bertz CT molecular complexity index is 985. The number of amides is 1. The standard InChI is InChI=1S/C18H11NO5S2/c20-16-15(7-10-4-5-13-14(6-10)24-9-23-13)26-18(25)19(16)12-3-1-2-11(8-12)17(21)22/h1-8H,9H2,(H,21,22)/b15-7+. The first-order chi connectivity index (χ1) is 12.5. The number of anilines is 1. The smallest absolute Gasteiger partial charge is 0.335 e. The molecule has 0 radical (unpaired) electrons. The van der Waals surface area contributed by atoms with Gasteiger partial charge >= 0.3 is 5.97 Å². The summed E-state index contributed by atoms with van der Waals surface area (Å²) in [6, 6.07) is 11.5. The van der Waals surface area contributed by atoms with Gasteiger partial charge in [0.15, 0.2) is 15.8 Å². The zero-order valence-corrected chi connectivity index (χ0v) is 14.8. The Morgan fingerprint density at radius 3 is 2.81 bits per heavy atom. The molecule has 2 aromatic carbocycles. The zero-order valence-electron chi connectivity index (χ0n) is 13.2. The monoisotopic (exact) mass is 385 g/mol. The number of thioether (sulfide) groups is 1. The van der Waals surface area contributed by atoms with Crippen LogP contribution in [-0.2, 0) is 4.79 Å².